The van der Waals surface area contributed by atoms with Gasteiger partial charge >= 0.3 is 6.18 Å². The van der Waals surface area contributed by atoms with Crippen LogP contribution in [0.4, 0.5) is 13.2 Å². The maximum Gasteiger partial charge on any atom is 0.416 e. The molecule has 0 atom stereocenters. The molecular weight excluding hydrogens is 377 g/mol. The molecule has 6 heteroatoms. The third kappa shape index (κ3) is 4.59. The molecule has 1 aromatic heterocycles. The zero-order valence-corrected chi connectivity index (χ0v) is 15.8. The first-order chi connectivity index (χ1) is 13.9. The van der Waals surface area contributed by atoms with Crippen molar-refractivity contribution in [3.8, 4) is 0 Å². The molecule has 29 heavy (non-hydrogen) atoms. The van der Waals surface area contributed by atoms with Crippen LogP contribution in [0.2, 0.25) is 0 Å². The van der Waals surface area contributed by atoms with E-state index in [4.69, 9.17) is 0 Å². The predicted molar refractivity (Wildman–Crippen MR) is 107 cm³/mol. The second kappa shape index (κ2) is 7.87. The Morgan fingerprint density at radius 1 is 1.03 bits per heavy atom. The molecular formula is C23H21F3N2O. The predicted octanol–water partition coefficient (Wildman–Crippen LogP) is 4.82. The quantitative estimate of drug-likeness (QED) is 0.466. The molecule has 0 amide bonds. The van der Waals surface area contributed by atoms with E-state index in [1.807, 2.05) is 18.2 Å². The van der Waals surface area contributed by atoms with Crippen molar-refractivity contribution in [1.82, 2.24) is 4.90 Å². The van der Waals surface area contributed by atoms with Crippen LogP contribution in [0.25, 0.3) is 16.3 Å². The minimum atomic E-state index is -4.32. The minimum absolute atomic E-state index is 0.603. The third-order valence-electron chi connectivity index (χ3n) is 5.39. The van der Waals surface area contributed by atoms with Crippen LogP contribution >= 0.6 is 0 Å². The molecule has 0 spiro atoms. The van der Waals surface area contributed by atoms with Crippen molar-refractivity contribution in [2.75, 3.05) is 19.6 Å². The Labute approximate surface area is 167 Å². The largest absolute Gasteiger partial charge is 0.619 e. The van der Waals surface area contributed by atoms with Gasteiger partial charge in [0.1, 0.15) is 0 Å². The third-order valence-corrected chi connectivity index (χ3v) is 5.39. The van der Waals surface area contributed by atoms with Crippen LogP contribution in [0.3, 0.4) is 0 Å². The normalized spacial score (nSPS) is 15.5. The van der Waals surface area contributed by atoms with Crippen LogP contribution in [0, 0.1) is 5.21 Å². The summed E-state index contributed by atoms with van der Waals surface area (Å²) in [5.41, 5.74) is 2.18. The van der Waals surface area contributed by atoms with Gasteiger partial charge in [0.15, 0.2) is 12.4 Å². The number of nitrogens with zero attached hydrogens (tertiary/aromatic N) is 2. The van der Waals surface area contributed by atoms with Crippen molar-refractivity contribution in [2.45, 2.75) is 19.0 Å². The Morgan fingerprint density at radius 3 is 2.66 bits per heavy atom. The van der Waals surface area contributed by atoms with Gasteiger partial charge in [-0.25, -0.2) is 0 Å². The summed E-state index contributed by atoms with van der Waals surface area (Å²) in [7, 11) is 0. The van der Waals surface area contributed by atoms with Gasteiger partial charge in [-0.15, -0.1) is 0 Å². The molecule has 0 bridgehead atoms. The summed E-state index contributed by atoms with van der Waals surface area (Å²) in [6.45, 7) is 2.40. The molecule has 0 unspecified atom stereocenters. The highest BCUT2D eigenvalue weighted by atomic mass is 19.4. The molecule has 0 aliphatic carbocycles. The van der Waals surface area contributed by atoms with Gasteiger partial charge in [0.2, 0.25) is 0 Å². The van der Waals surface area contributed by atoms with E-state index in [9.17, 15) is 18.4 Å². The van der Waals surface area contributed by atoms with Gasteiger partial charge in [-0.2, -0.15) is 17.9 Å². The highest BCUT2D eigenvalue weighted by molar-refractivity contribution is 5.81. The van der Waals surface area contributed by atoms with Crippen molar-refractivity contribution in [1.29, 1.82) is 0 Å². The lowest BCUT2D eigenvalue weighted by Gasteiger charge is -2.26. The van der Waals surface area contributed by atoms with Crippen LogP contribution in [0.5, 0.6) is 0 Å². The number of fused-ring (bicyclic) bond motifs is 1. The lowest BCUT2D eigenvalue weighted by atomic mass is 9.97. The van der Waals surface area contributed by atoms with Crippen molar-refractivity contribution < 1.29 is 17.9 Å². The Balaban J connectivity index is 1.39. The van der Waals surface area contributed by atoms with Crippen molar-refractivity contribution in [3.05, 3.63) is 88.9 Å². The molecule has 150 valence electrons. The number of pyridine rings is 1. The number of hydrogen-bond acceptors (Lipinski definition) is 2. The molecule has 0 saturated heterocycles. The number of rotatable bonds is 4. The molecule has 2 heterocycles. The molecule has 2 aromatic carbocycles. The second-order valence-electron chi connectivity index (χ2n) is 7.38. The minimum Gasteiger partial charge on any atom is -0.619 e. The topological polar surface area (TPSA) is 30.2 Å². The number of benzene rings is 2. The van der Waals surface area contributed by atoms with Gasteiger partial charge < -0.3 is 5.21 Å². The highest BCUT2D eigenvalue weighted by Gasteiger charge is 2.30. The van der Waals surface area contributed by atoms with Crippen LogP contribution in [0.1, 0.15) is 23.1 Å². The van der Waals surface area contributed by atoms with E-state index in [0.717, 1.165) is 65.2 Å². The van der Waals surface area contributed by atoms with Gasteiger partial charge in [-0.05, 0) is 53.1 Å². The maximum atomic E-state index is 12.9. The average Bonchev–Trinajstić information content (AvgIpc) is 2.72. The average molecular weight is 398 g/mol. The fourth-order valence-corrected chi connectivity index (χ4v) is 3.74. The van der Waals surface area contributed by atoms with E-state index in [0.29, 0.717) is 5.56 Å². The molecule has 0 saturated carbocycles. The van der Waals surface area contributed by atoms with Gasteiger partial charge in [0, 0.05) is 31.1 Å². The van der Waals surface area contributed by atoms with Crippen LogP contribution in [-0.2, 0) is 12.6 Å². The van der Waals surface area contributed by atoms with Crippen LogP contribution in [-0.4, -0.2) is 24.5 Å². The first-order valence-electron chi connectivity index (χ1n) is 9.59. The van der Waals surface area contributed by atoms with E-state index in [2.05, 4.69) is 11.0 Å². The highest BCUT2D eigenvalue weighted by Crippen LogP contribution is 2.32. The van der Waals surface area contributed by atoms with Gasteiger partial charge in [0.25, 0.3) is 0 Å². The van der Waals surface area contributed by atoms with Crippen molar-refractivity contribution in [3.63, 3.8) is 0 Å². The fraction of sp³-hybridized carbons (Fsp3) is 0.261. The fourth-order valence-electron chi connectivity index (χ4n) is 3.74. The van der Waals surface area contributed by atoms with E-state index in [1.165, 1.54) is 18.3 Å². The molecule has 1 aliphatic heterocycles. The first-order valence-corrected chi connectivity index (χ1v) is 9.59. The van der Waals surface area contributed by atoms with Gasteiger partial charge in [0.05, 0.1) is 5.56 Å². The summed E-state index contributed by atoms with van der Waals surface area (Å²) in [6, 6.07) is 13.5. The standard InChI is InChI=1S/C23H21F3N2O/c24-23(25,26)22-3-1-2-20(15-22)19-7-11-27(12-8-19)10-6-17-4-5-18-9-13-28(29)16-21(18)14-17/h1-5,7,9,13-16H,6,8,10-12H2. The van der Waals surface area contributed by atoms with Crippen molar-refractivity contribution in [2.24, 2.45) is 0 Å². The van der Waals surface area contributed by atoms with E-state index >= 15 is 0 Å². The Morgan fingerprint density at radius 2 is 1.90 bits per heavy atom. The SMILES string of the molecule is [O-][n+]1ccc2ccc(CCN3CC=C(c4cccc(C(F)(F)F)c4)CC3)cc2c1. The van der Waals surface area contributed by atoms with Crippen LogP contribution < -0.4 is 4.73 Å². The summed E-state index contributed by atoms with van der Waals surface area (Å²) in [4.78, 5) is 2.29. The number of alkyl halides is 3. The summed E-state index contributed by atoms with van der Waals surface area (Å²) in [6.07, 6.45) is 2.36. The Hall–Kier alpha value is -2.86. The molecule has 4 rings (SSSR count). The summed E-state index contributed by atoms with van der Waals surface area (Å²) in [5.74, 6) is 0. The summed E-state index contributed by atoms with van der Waals surface area (Å²) in [5, 5.41) is 13.4. The molecule has 0 fully saturated rings. The zero-order valence-electron chi connectivity index (χ0n) is 15.8. The smallest absolute Gasteiger partial charge is 0.416 e. The summed E-state index contributed by atoms with van der Waals surface area (Å²) >= 11 is 0. The van der Waals surface area contributed by atoms with E-state index in [1.54, 1.807) is 18.3 Å². The Kier molecular flexibility index (Phi) is 5.28. The number of hydrogen-bond donors (Lipinski definition) is 0. The molecule has 0 N–H and O–H groups in total. The molecule has 1 aliphatic rings. The maximum absolute atomic E-state index is 12.9. The molecule has 3 aromatic rings. The second-order valence-corrected chi connectivity index (χ2v) is 7.38. The summed E-state index contributed by atoms with van der Waals surface area (Å²) < 4.78 is 39.6. The lowest BCUT2D eigenvalue weighted by Crippen LogP contribution is -2.30. The lowest BCUT2D eigenvalue weighted by molar-refractivity contribution is -0.603. The van der Waals surface area contributed by atoms with Crippen LogP contribution in [0.15, 0.2) is 67.0 Å². The number of aromatic nitrogens is 1. The molecule has 3 nitrogen and oxygen atoms in total. The van der Waals surface area contributed by atoms with E-state index in [-0.39, 0.29) is 0 Å². The number of halogens is 3. The zero-order chi connectivity index (χ0) is 20.4. The van der Waals surface area contributed by atoms with Gasteiger partial charge in [-0.3, -0.25) is 4.90 Å². The Bertz CT molecular complexity index is 1060. The molecule has 0 radical (unpaired) electrons. The monoisotopic (exact) mass is 398 g/mol. The van der Waals surface area contributed by atoms with Crippen molar-refractivity contribution >= 4 is 16.3 Å². The first kappa shape index (κ1) is 19.5. The van der Waals surface area contributed by atoms with E-state index < -0.39 is 11.7 Å². The van der Waals surface area contributed by atoms with Gasteiger partial charge in [-0.1, -0.05) is 30.3 Å².